The molecule has 28 heavy (non-hydrogen) atoms. The predicted octanol–water partition coefficient (Wildman–Crippen LogP) is 5.54. The molecule has 0 radical (unpaired) electrons. The van der Waals surface area contributed by atoms with E-state index >= 15 is 0 Å². The summed E-state index contributed by atoms with van der Waals surface area (Å²) in [5.41, 5.74) is 0.547. The van der Waals surface area contributed by atoms with Gasteiger partial charge in [0.2, 0.25) is 0 Å². The van der Waals surface area contributed by atoms with E-state index in [-0.39, 0.29) is 25.4 Å². The molecule has 1 amide bonds. The van der Waals surface area contributed by atoms with Crippen molar-refractivity contribution in [2.24, 2.45) is 0 Å². The third kappa shape index (κ3) is 3.26. The number of carbonyl (C=O) groups excluding carboxylic acids is 1. The Morgan fingerprint density at radius 3 is 2.07 bits per heavy atom. The molecule has 0 saturated carbocycles. The fourth-order valence-electron chi connectivity index (χ4n) is 3.72. The summed E-state index contributed by atoms with van der Waals surface area (Å²) in [5.74, 6) is -0.294. The molecule has 0 fully saturated rings. The van der Waals surface area contributed by atoms with Crippen molar-refractivity contribution in [2.75, 3.05) is 19.5 Å². The van der Waals surface area contributed by atoms with Gasteiger partial charge in [-0.2, -0.15) is 0 Å². The third-order valence-electron chi connectivity index (χ3n) is 4.86. The molecule has 0 bridgehead atoms. The molecule has 5 nitrogen and oxygen atoms in total. The van der Waals surface area contributed by atoms with Crippen LogP contribution >= 0.6 is 7.60 Å². The van der Waals surface area contributed by atoms with Crippen LogP contribution in [0.5, 0.6) is 0 Å². The van der Waals surface area contributed by atoms with Crippen molar-refractivity contribution < 1.29 is 18.4 Å². The van der Waals surface area contributed by atoms with Gasteiger partial charge < -0.3 is 14.4 Å². The molecule has 4 rings (SSSR count). The lowest BCUT2D eigenvalue weighted by atomic mass is 9.92. The van der Waals surface area contributed by atoms with Crippen LogP contribution in [0.15, 0.2) is 54.6 Å². The smallest absolute Gasteiger partial charge is 0.340 e. The minimum Gasteiger partial charge on any atom is -0.340 e. The first-order chi connectivity index (χ1) is 13.6. The lowest BCUT2D eigenvalue weighted by Gasteiger charge is -2.18. The van der Waals surface area contributed by atoms with Crippen LogP contribution in [-0.4, -0.2) is 25.4 Å². The zero-order chi connectivity index (χ0) is 19.7. The molecule has 4 aromatic carbocycles. The van der Waals surface area contributed by atoms with Gasteiger partial charge in [0.1, 0.15) is 6.29 Å². The van der Waals surface area contributed by atoms with Gasteiger partial charge in [-0.3, -0.25) is 9.36 Å². The number of amides is 1. The summed E-state index contributed by atoms with van der Waals surface area (Å²) in [6, 6.07) is 18.1. The van der Waals surface area contributed by atoms with Crippen molar-refractivity contribution >= 4 is 45.8 Å². The van der Waals surface area contributed by atoms with Crippen LogP contribution in [0.4, 0.5) is 0 Å². The van der Waals surface area contributed by atoms with Crippen molar-refractivity contribution in [1.82, 2.24) is 5.32 Å². The van der Waals surface area contributed by atoms with Crippen molar-refractivity contribution in [3.05, 3.63) is 60.2 Å². The summed E-state index contributed by atoms with van der Waals surface area (Å²) in [4.78, 5) is 12.9. The average molecular weight is 395 g/mol. The Labute approximate surface area is 163 Å². The Balaban J connectivity index is 1.74. The van der Waals surface area contributed by atoms with Gasteiger partial charge in [0, 0.05) is 5.56 Å². The highest BCUT2D eigenvalue weighted by Gasteiger charge is 2.25. The molecule has 0 aliphatic carbocycles. The number of rotatable bonds is 7. The van der Waals surface area contributed by atoms with E-state index in [0.29, 0.717) is 5.56 Å². The average Bonchev–Trinajstić information content (AvgIpc) is 2.70. The van der Waals surface area contributed by atoms with Gasteiger partial charge in [0.15, 0.2) is 0 Å². The SMILES string of the molecule is CCOP(=O)(CNC(=O)c1ccc2ccc3cccc4ccc1c2c34)OCC. The van der Waals surface area contributed by atoms with E-state index in [2.05, 4.69) is 29.6 Å². The Morgan fingerprint density at radius 1 is 0.857 bits per heavy atom. The van der Waals surface area contributed by atoms with E-state index < -0.39 is 7.60 Å². The zero-order valence-electron chi connectivity index (χ0n) is 15.9. The molecule has 0 heterocycles. The van der Waals surface area contributed by atoms with Crippen LogP contribution in [-0.2, 0) is 13.6 Å². The summed E-state index contributed by atoms with van der Waals surface area (Å²) in [6.07, 6.45) is -0.157. The molecule has 0 saturated heterocycles. The number of carbonyl (C=O) groups is 1. The first-order valence-corrected chi connectivity index (χ1v) is 11.1. The maximum absolute atomic E-state index is 12.9. The van der Waals surface area contributed by atoms with Gasteiger partial charge in [-0.05, 0) is 52.2 Å². The molecule has 6 heteroatoms. The van der Waals surface area contributed by atoms with Crippen LogP contribution in [0.25, 0.3) is 32.3 Å². The summed E-state index contributed by atoms with van der Waals surface area (Å²) in [5, 5.41) is 9.21. The van der Waals surface area contributed by atoms with Gasteiger partial charge in [-0.1, -0.05) is 48.5 Å². The molecule has 0 spiro atoms. The number of hydrogen-bond acceptors (Lipinski definition) is 4. The first kappa shape index (κ1) is 18.9. The molecule has 0 aliphatic heterocycles. The van der Waals surface area contributed by atoms with Crippen LogP contribution in [0, 0.1) is 0 Å². The maximum Gasteiger partial charge on any atom is 0.349 e. The fraction of sp³-hybridized carbons (Fsp3) is 0.227. The molecular formula is C22H22NO4P. The second-order valence-corrected chi connectivity index (χ2v) is 8.63. The monoisotopic (exact) mass is 395 g/mol. The normalized spacial score (nSPS) is 12.2. The van der Waals surface area contributed by atoms with E-state index in [1.165, 1.54) is 0 Å². The van der Waals surface area contributed by atoms with Crippen molar-refractivity contribution in [2.45, 2.75) is 13.8 Å². The Bertz CT molecular complexity index is 1180. The standard InChI is InChI=1S/C22H22NO4P/c1-3-26-28(25,27-4-2)14-23-22(24)19-13-11-17-9-8-15-6-5-7-16-10-12-18(19)21(17)20(15)16/h5-13H,3-4,14H2,1-2H3,(H,23,24). The Hall–Kier alpha value is -2.46. The van der Waals surface area contributed by atoms with Crippen molar-refractivity contribution in [1.29, 1.82) is 0 Å². The Kier molecular flexibility index (Phi) is 5.07. The molecule has 1 N–H and O–H groups in total. The quantitative estimate of drug-likeness (QED) is 0.330. The fourth-order valence-corrected chi connectivity index (χ4v) is 5.10. The number of nitrogens with one attached hydrogen (secondary N) is 1. The van der Waals surface area contributed by atoms with E-state index in [1.54, 1.807) is 13.8 Å². The second-order valence-electron chi connectivity index (χ2n) is 6.58. The van der Waals surface area contributed by atoms with Gasteiger partial charge in [0.25, 0.3) is 5.91 Å². The lowest BCUT2D eigenvalue weighted by Crippen LogP contribution is -2.26. The van der Waals surface area contributed by atoms with Crippen LogP contribution in [0.3, 0.4) is 0 Å². The minimum absolute atomic E-state index is 0.157. The summed E-state index contributed by atoms with van der Waals surface area (Å²) in [6.45, 7) is 4.00. The van der Waals surface area contributed by atoms with Crippen molar-refractivity contribution in [3.63, 3.8) is 0 Å². The number of hydrogen-bond donors (Lipinski definition) is 1. The second kappa shape index (κ2) is 7.51. The van der Waals surface area contributed by atoms with Gasteiger partial charge in [0.05, 0.1) is 13.2 Å². The highest BCUT2D eigenvalue weighted by atomic mass is 31.2. The topological polar surface area (TPSA) is 64.6 Å². The summed E-state index contributed by atoms with van der Waals surface area (Å²) in [7, 11) is -3.34. The van der Waals surface area contributed by atoms with Crippen LogP contribution in [0.2, 0.25) is 0 Å². The van der Waals surface area contributed by atoms with Crippen LogP contribution in [0.1, 0.15) is 24.2 Å². The molecule has 0 atom stereocenters. The van der Waals surface area contributed by atoms with Crippen molar-refractivity contribution in [3.8, 4) is 0 Å². The molecule has 0 unspecified atom stereocenters. The summed E-state index contributed by atoms with van der Waals surface area (Å²) < 4.78 is 23.1. The van der Waals surface area contributed by atoms with Gasteiger partial charge in [-0.25, -0.2) is 0 Å². The molecule has 0 aromatic heterocycles. The highest BCUT2D eigenvalue weighted by molar-refractivity contribution is 7.53. The van der Waals surface area contributed by atoms with Gasteiger partial charge >= 0.3 is 7.60 Å². The minimum atomic E-state index is -3.34. The Morgan fingerprint density at radius 2 is 1.43 bits per heavy atom. The largest absolute Gasteiger partial charge is 0.349 e. The lowest BCUT2D eigenvalue weighted by molar-refractivity contribution is 0.0955. The molecule has 144 valence electrons. The first-order valence-electron chi connectivity index (χ1n) is 9.39. The predicted molar refractivity (Wildman–Crippen MR) is 113 cm³/mol. The highest BCUT2D eigenvalue weighted by Crippen LogP contribution is 2.46. The van der Waals surface area contributed by atoms with Gasteiger partial charge in [-0.15, -0.1) is 0 Å². The third-order valence-corrected chi connectivity index (χ3v) is 6.71. The van der Waals surface area contributed by atoms with E-state index in [0.717, 1.165) is 32.3 Å². The molecule has 0 aliphatic rings. The zero-order valence-corrected chi connectivity index (χ0v) is 16.8. The van der Waals surface area contributed by atoms with Crippen LogP contribution < -0.4 is 5.32 Å². The molecular weight excluding hydrogens is 373 g/mol. The maximum atomic E-state index is 12.9. The van der Waals surface area contributed by atoms with E-state index in [4.69, 9.17) is 9.05 Å². The van der Waals surface area contributed by atoms with E-state index in [1.807, 2.05) is 30.3 Å². The summed E-state index contributed by atoms with van der Waals surface area (Å²) >= 11 is 0. The van der Waals surface area contributed by atoms with E-state index in [9.17, 15) is 9.36 Å². The number of benzene rings is 4. The molecule has 4 aromatic rings.